The Morgan fingerprint density at radius 3 is 2.42 bits per heavy atom. The molecule has 6 heteroatoms. The highest BCUT2D eigenvalue weighted by Gasteiger charge is 2.20. The quantitative estimate of drug-likeness (QED) is 0.733. The van der Waals surface area contributed by atoms with Gasteiger partial charge in [0.25, 0.3) is 5.91 Å². The number of hydrogen-bond donors (Lipinski definition) is 3. The first-order chi connectivity index (χ1) is 11.2. The van der Waals surface area contributed by atoms with Crippen LogP contribution in [0.4, 0.5) is 5.69 Å². The molecule has 0 radical (unpaired) electrons. The van der Waals surface area contributed by atoms with E-state index in [1.807, 2.05) is 0 Å². The van der Waals surface area contributed by atoms with Gasteiger partial charge in [-0.1, -0.05) is 12.1 Å². The minimum Gasteiger partial charge on any atom is -0.481 e. The number of benzene rings is 1. The number of carboxylic acid groups (broad SMARTS) is 1. The Labute approximate surface area is 139 Å². The number of carbonyl (C=O) groups excluding carboxylic acids is 2. The average Bonchev–Trinajstić information content (AvgIpc) is 2.81. The number of aliphatic carboxylic acids is 1. The molecule has 1 amide bonds. The Bertz CT molecular complexity index is 820. The van der Waals surface area contributed by atoms with Crippen molar-refractivity contribution >= 4 is 23.3 Å². The summed E-state index contributed by atoms with van der Waals surface area (Å²) in [6, 6.07) is 6.71. The van der Waals surface area contributed by atoms with Gasteiger partial charge in [-0.15, -0.1) is 0 Å². The molecule has 2 aromatic rings. The van der Waals surface area contributed by atoms with Crippen molar-refractivity contribution < 1.29 is 19.5 Å². The van der Waals surface area contributed by atoms with Crippen LogP contribution < -0.4 is 5.32 Å². The first-order valence-electron chi connectivity index (χ1n) is 7.56. The van der Waals surface area contributed by atoms with Crippen LogP contribution in [0.1, 0.15) is 57.4 Å². The molecular formula is C18H20N2O4. The van der Waals surface area contributed by atoms with Crippen LogP contribution in [0.25, 0.3) is 0 Å². The zero-order chi connectivity index (χ0) is 18.0. The van der Waals surface area contributed by atoms with Crippen LogP contribution in [0, 0.1) is 13.8 Å². The summed E-state index contributed by atoms with van der Waals surface area (Å²) in [5, 5.41) is 11.8. The fraction of sp³-hybridized carbons (Fsp3) is 0.278. The summed E-state index contributed by atoms with van der Waals surface area (Å²) < 4.78 is 0. The van der Waals surface area contributed by atoms with Crippen LogP contribution in [0.15, 0.2) is 24.3 Å². The first-order valence-corrected chi connectivity index (χ1v) is 7.56. The molecule has 1 aromatic carbocycles. The van der Waals surface area contributed by atoms with Gasteiger partial charge in [-0.2, -0.15) is 0 Å². The molecule has 126 valence electrons. The Hall–Kier alpha value is -2.89. The number of nitrogens with one attached hydrogen (secondary N) is 2. The number of H-pyrrole nitrogens is 1. The lowest BCUT2D eigenvalue weighted by molar-refractivity contribution is -0.138. The van der Waals surface area contributed by atoms with E-state index in [-0.39, 0.29) is 11.7 Å². The van der Waals surface area contributed by atoms with Crippen LogP contribution >= 0.6 is 0 Å². The molecule has 0 spiro atoms. The lowest BCUT2D eigenvalue weighted by Gasteiger charge is -2.10. The van der Waals surface area contributed by atoms with Crippen molar-refractivity contribution in [1.29, 1.82) is 0 Å². The van der Waals surface area contributed by atoms with Crippen LogP contribution in [-0.2, 0) is 4.79 Å². The number of Topliss-reactive ketones (excluding diaryl/α,β-unsaturated/α-hetero) is 1. The summed E-state index contributed by atoms with van der Waals surface area (Å²) >= 11 is 0. The Balaban J connectivity index is 2.28. The van der Waals surface area contributed by atoms with Crippen LogP contribution in [-0.4, -0.2) is 27.8 Å². The van der Waals surface area contributed by atoms with Crippen molar-refractivity contribution in [3.05, 3.63) is 52.3 Å². The third-order valence-corrected chi connectivity index (χ3v) is 4.03. The van der Waals surface area contributed by atoms with Gasteiger partial charge in [-0.05, 0) is 51.0 Å². The molecule has 2 rings (SSSR count). The molecule has 3 N–H and O–H groups in total. The number of ketones is 1. The highest BCUT2D eigenvalue weighted by Crippen LogP contribution is 2.22. The number of aromatic nitrogens is 1. The molecule has 24 heavy (non-hydrogen) atoms. The SMILES string of the molecule is CC(=O)c1c(C)[nH]c(C(=O)Nc2cccc(C(C)C(=O)O)c2)c1C. The minimum atomic E-state index is -0.930. The second-order valence-electron chi connectivity index (χ2n) is 5.82. The van der Waals surface area contributed by atoms with E-state index in [9.17, 15) is 14.4 Å². The number of anilines is 1. The molecule has 0 aliphatic rings. The number of rotatable bonds is 5. The van der Waals surface area contributed by atoms with Crippen molar-refractivity contribution in [1.82, 2.24) is 4.98 Å². The normalized spacial score (nSPS) is 11.8. The van der Waals surface area contributed by atoms with E-state index in [1.54, 1.807) is 45.0 Å². The fourth-order valence-corrected chi connectivity index (χ4v) is 2.73. The van der Waals surface area contributed by atoms with Crippen molar-refractivity contribution in [2.45, 2.75) is 33.6 Å². The van der Waals surface area contributed by atoms with Crippen molar-refractivity contribution in [2.75, 3.05) is 5.32 Å². The number of aromatic amines is 1. The molecule has 0 bridgehead atoms. The number of aryl methyl sites for hydroxylation is 1. The van der Waals surface area contributed by atoms with E-state index in [0.717, 1.165) is 0 Å². The zero-order valence-corrected chi connectivity index (χ0v) is 14.1. The molecule has 1 unspecified atom stereocenters. The molecular weight excluding hydrogens is 308 g/mol. The van der Waals surface area contributed by atoms with Gasteiger partial charge < -0.3 is 15.4 Å². The van der Waals surface area contributed by atoms with Gasteiger partial charge in [0.2, 0.25) is 0 Å². The maximum Gasteiger partial charge on any atom is 0.310 e. The molecule has 0 aliphatic heterocycles. The van der Waals surface area contributed by atoms with E-state index >= 15 is 0 Å². The van der Waals surface area contributed by atoms with Gasteiger partial charge in [0, 0.05) is 16.9 Å². The zero-order valence-electron chi connectivity index (χ0n) is 14.1. The minimum absolute atomic E-state index is 0.0995. The maximum atomic E-state index is 12.5. The topological polar surface area (TPSA) is 99.3 Å². The summed E-state index contributed by atoms with van der Waals surface area (Å²) in [5.41, 5.74) is 3.21. The maximum absolute atomic E-state index is 12.5. The molecule has 1 atom stereocenters. The van der Waals surface area contributed by atoms with Gasteiger partial charge in [-0.3, -0.25) is 14.4 Å². The summed E-state index contributed by atoms with van der Waals surface area (Å²) in [6.45, 7) is 6.51. The van der Waals surface area contributed by atoms with Gasteiger partial charge in [0.1, 0.15) is 5.69 Å². The van der Waals surface area contributed by atoms with Crippen LogP contribution in [0.3, 0.4) is 0 Å². The fourth-order valence-electron chi connectivity index (χ4n) is 2.73. The standard InChI is InChI=1S/C18H20N2O4/c1-9(18(23)24)13-6-5-7-14(8-13)20-17(22)16-10(2)15(12(4)21)11(3)19-16/h5-9,19H,1-4H3,(H,20,22)(H,23,24). The van der Waals surface area contributed by atoms with Crippen molar-refractivity contribution in [2.24, 2.45) is 0 Å². The summed E-state index contributed by atoms with van der Waals surface area (Å²) in [7, 11) is 0. The predicted octanol–water partition coefficient (Wildman–Crippen LogP) is 3.27. The predicted molar refractivity (Wildman–Crippen MR) is 90.7 cm³/mol. The van der Waals surface area contributed by atoms with Gasteiger partial charge in [-0.25, -0.2) is 0 Å². The van der Waals surface area contributed by atoms with Crippen LogP contribution in [0.5, 0.6) is 0 Å². The molecule has 6 nitrogen and oxygen atoms in total. The van der Waals surface area contributed by atoms with E-state index in [1.165, 1.54) is 6.92 Å². The summed E-state index contributed by atoms with van der Waals surface area (Å²) in [6.07, 6.45) is 0. The Morgan fingerprint density at radius 2 is 1.88 bits per heavy atom. The molecule has 0 saturated carbocycles. The monoisotopic (exact) mass is 328 g/mol. The lowest BCUT2D eigenvalue weighted by atomic mass is 10.0. The molecule has 1 aromatic heterocycles. The molecule has 0 aliphatic carbocycles. The third-order valence-electron chi connectivity index (χ3n) is 4.03. The third kappa shape index (κ3) is 3.37. The highest BCUT2D eigenvalue weighted by atomic mass is 16.4. The molecule has 0 fully saturated rings. The van der Waals surface area contributed by atoms with E-state index in [0.29, 0.717) is 33.8 Å². The number of carboxylic acids is 1. The van der Waals surface area contributed by atoms with Gasteiger partial charge >= 0.3 is 5.97 Å². The van der Waals surface area contributed by atoms with E-state index in [2.05, 4.69) is 10.3 Å². The lowest BCUT2D eigenvalue weighted by Crippen LogP contribution is -2.14. The van der Waals surface area contributed by atoms with Gasteiger partial charge in [0.15, 0.2) is 5.78 Å². The van der Waals surface area contributed by atoms with Gasteiger partial charge in [0.05, 0.1) is 5.92 Å². The molecule has 0 saturated heterocycles. The van der Waals surface area contributed by atoms with Crippen molar-refractivity contribution in [3.8, 4) is 0 Å². The second-order valence-corrected chi connectivity index (χ2v) is 5.82. The number of carbonyl (C=O) groups is 3. The highest BCUT2D eigenvalue weighted by molar-refractivity contribution is 6.07. The largest absolute Gasteiger partial charge is 0.481 e. The molecule has 1 heterocycles. The smallest absolute Gasteiger partial charge is 0.310 e. The average molecular weight is 328 g/mol. The number of amides is 1. The first kappa shape index (κ1) is 17.5. The summed E-state index contributed by atoms with van der Waals surface area (Å²) in [5.74, 6) is -2.07. The van der Waals surface area contributed by atoms with Crippen LogP contribution in [0.2, 0.25) is 0 Å². The Morgan fingerprint density at radius 1 is 1.21 bits per heavy atom. The second kappa shape index (κ2) is 6.70. The Kier molecular flexibility index (Phi) is 4.87. The van der Waals surface area contributed by atoms with E-state index < -0.39 is 11.9 Å². The van der Waals surface area contributed by atoms with Crippen molar-refractivity contribution in [3.63, 3.8) is 0 Å². The summed E-state index contributed by atoms with van der Waals surface area (Å²) in [4.78, 5) is 38.1. The van der Waals surface area contributed by atoms with E-state index in [4.69, 9.17) is 5.11 Å². The number of hydrogen-bond acceptors (Lipinski definition) is 3.